The Hall–Kier alpha value is -2.27. The summed E-state index contributed by atoms with van der Waals surface area (Å²) in [7, 11) is 0. The van der Waals surface area contributed by atoms with Gasteiger partial charge in [-0.15, -0.1) is 0 Å². The normalized spacial score (nSPS) is 11.0. The summed E-state index contributed by atoms with van der Waals surface area (Å²) in [5.74, 6) is -0.605. The minimum Gasteiger partial charge on any atom is -0.457 e. The van der Waals surface area contributed by atoms with Gasteiger partial charge in [-0.3, -0.25) is 4.79 Å². The fourth-order valence-electron chi connectivity index (χ4n) is 1.57. The monoisotopic (exact) mass is 358 g/mol. The SMILES string of the molecule is N#Cc1cc(C(F)(F)F)ccc1NC(=O)c1ccoc1Br. The standard InChI is InChI=1S/C13H6BrF3N2O2/c14-11-9(3-4-21-11)12(20)19-10-2-1-8(13(15,16)17)5-7(10)6-18/h1-5H,(H,19,20). The summed E-state index contributed by atoms with van der Waals surface area (Å²) in [6, 6.07) is 5.52. The molecular weight excluding hydrogens is 353 g/mol. The molecule has 1 heterocycles. The Morgan fingerprint density at radius 1 is 1.33 bits per heavy atom. The third-order valence-corrected chi connectivity index (χ3v) is 3.19. The molecule has 0 aliphatic rings. The molecule has 1 amide bonds. The van der Waals surface area contributed by atoms with Crippen LogP contribution in [0.2, 0.25) is 0 Å². The van der Waals surface area contributed by atoms with E-state index in [1.54, 1.807) is 6.07 Å². The van der Waals surface area contributed by atoms with Crippen molar-refractivity contribution in [1.82, 2.24) is 0 Å². The van der Waals surface area contributed by atoms with E-state index in [-0.39, 0.29) is 21.5 Å². The predicted molar refractivity (Wildman–Crippen MR) is 70.5 cm³/mol. The maximum Gasteiger partial charge on any atom is 0.416 e. The summed E-state index contributed by atoms with van der Waals surface area (Å²) in [4.78, 5) is 11.9. The maximum atomic E-state index is 12.6. The average molecular weight is 359 g/mol. The quantitative estimate of drug-likeness (QED) is 0.875. The van der Waals surface area contributed by atoms with Crippen LogP contribution in [0.3, 0.4) is 0 Å². The highest BCUT2D eigenvalue weighted by molar-refractivity contribution is 9.10. The van der Waals surface area contributed by atoms with Gasteiger partial charge in [0.25, 0.3) is 5.91 Å². The third kappa shape index (κ3) is 3.25. The second kappa shape index (κ2) is 5.61. The lowest BCUT2D eigenvalue weighted by Crippen LogP contribution is -2.13. The van der Waals surface area contributed by atoms with Gasteiger partial charge in [-0.2, -0.15) is 18.4 Å². The third-order valence-electron chi connectivity index (χ3n) is 2.58. The van der Waals surface area contributed by atoms with E-state index >= 15 is 0 Å². The van der Waals surface area contributed by atoms with Gasteiger partial charge in [0.15, 0.2) is 4.67 Å². The molecule has 0 radical (unpaired) electrons. The van der Waals surface area contributed by atoms with Crippen molar-refractivity contribution >= 4 is 27.5 Å². The van der Waals surface area contributed by atoms with Crippen molar-refractivity contribution in [1.29, 1.82) is 5.26 Å². The predicted octanol–water partition coefficient (Wildman–Crippen LogP) is 4.18. The summed E-state index contributed by atoms with van der Waals surface area (Å²) in [6.45, 7) is 0. The zero-order valence-corrected chi connectivity index (χ0v) is 11.7. The zero-order chi connectivity index (χ0) is 15.6. The van der Waals surface area contributed by atoms with Crippen LogP contribution in [-0.2, 0) is 6.18 Å². The Kier molecular flexibility index (Phi) is 4.04. The minimum absolute atomic E-state index is 0.0106. The average Bonchev–Trinajstić information content (AvgIpc) is 2.84. The first-order chi connectivity index (χ1) is 9.82. The van der Waals surface area contributed by atoms with Crippen LogP contribution >= 0.6 is 15.9 Å². The summed E-state index contributed by atoms with van der Waals surface area (Å²) >= 11 is 3.01. The number of alkyl halides is 3. The van der Waals surface area contributed by atoms with Crippen LogP contribution in [0, 0.1) is 11.3 Å². The molecule has 0 spiro atoms. The summed E-state index contributed by atoms with van der Waals surface area (Å²) < 4.78 is 42.7. The van der Waals surface area contributed by atoms with Crippen molar-refractivity contribution in [3.8, 4) is 6.07 Å². The molecule has 0 fully saturated rings. The van der Waals surface area contributed by atoms with Gasteiger partial charge in [0, 0.05) is 0 Å². The van der Waals surface area contributed by atoms with Crippen LogP contribution in [0.5, 0.6) is 0 Å². The van der Waals surface area contributed by atoms with Crippen LogP contribution < -0.4 is 5.32 Å². The van der Waals surface area contributed by atoms with E-state index < -0.39 is 17.6 Å². The number of amides is 1. The molecule has 0 saturated heterocycles. The number of hydrogen-bond donors (Lipinski definition) is 1. The first-order valence-corrected chi connectivity index (χ1v) is 6.28. The highest BCUT2D eigenvalue weighted by Gasteiger charge is 2.31. The summed E-state index contributed by atoms with van der Waals surface area (Å²) in [5.41, 5.74) is -1.08. The van der Waals surface area contributed by atoms with Crippen LogP contribution in [0.1, 0.15) is 21.5 Å². The first kappa shape index (κ1) is 15.1. The highest BCUT2D eigenvalue weighted by atomic mass is 79.9. The van der Waals surface area contributed by atoms with E-state index in [1.807, 2.05) is 0 Å². The number of benzene rings is 1. The molecule has 1 aromatic carbocycles. The molecule has 0 aliphatic carbocycles. The molecular formula is C13H6BrF3N2O2. The van der Waals surface area contributed by atoms with Crippen molar-refractivity contribution in [2.24, 2.45) is 0 Å². The maximum absolute atomic E-state index is 12.6. The molecule has 0 unspecified atom stereocenters. The van der Waals surface area contributed by atoms with Gasteiger partial charge in [-0.1, -0.05) is 0 Å². The van der Waals surface area contributed by atoms with Crippen molar-refractivity contribution in [2.75, 3.05) is 5.32 Å². The van der Waals surface area contributed by atoms with Crippen LogP contribution in [0.25, 0.3) is 0 Å². The number of nitrogens with zero attached hydrogens (tertiary/aromatic N) is 1. The molecule has 0 bridgehead atoms. The van der Waals surface area contributed by atoms with Crippen molar-refractivity contribution in [2.45, 2.75) is 6.18 Å². The second-order valence-corrected chi connectivity index (χ2v) is 4.65. The lowest BCUT2D eigenvalue weighted by atomic mass is 10.1. The number of furan rings is 1. The molecule has 0 aliphatic heterocycles. The highest BCUT2D eigenvalue weighted by Crippen LogP contribution is 2.32. The van der Waals surface area contributed by atoms with Crippen LogP contribution in [-0.4, -0.2) is 5.91 Å². The van der Waals surface area contributed by atoms with Gasteiger partial charge in [-0.25, -0.2) is 0 Å². The fourth-order valence-corrected chi connectivity index (χ4v) is 1.99. The van der Waals surface area contributed by atoms with Gasteiger partial charge < -0.3 is 9.73 Å². The van der Waals surface area contributed by atoms with Gasteiger partial charge in [0.2, 0.25) is 0 Å². The number of nitrogens with one attached hydrogen (secondary N) is 1. The first-order valence-electron chi connectivity index (χ1n) is 5.48. The number of nitriles is 1. The van der Waals surface area contributed by atoms with Crippen molar-refractivity contribution in [3.63, 3.8) is 0 Å². The van der Waals surface area contributed by atoms with E-state index in [0.29, 0.717) is 6.07 Å². The number of anilines is 1. The van der Waals surface area contributed by atoms with E-state index in [4.69, 9.17) is 9.68 Å². The van der Waals surface area contributed by atoms with Gasteiger partial charge >= 0.3 is 6.18 Å². The molecule has 8 heteroatoms. The van der Waals surface area contributed by atoms with Crippen LogP contribution in [0.4, 0.5) is 18.9 Å². The van der Waals surface area contributed by atoms with Gasteiger partial charge in [0.1, 0.15) is 6.07 Å². The molecule has 4 nitrogen and oxygen atoms in total. The lowest BCUT2D eigenvalue weighted by molar-refractivity contribution is -0.137. The van der Waals surface area contributed by atoms with Gasteiger partial charge in [0.05, 0.1) is 28.6 Å². The number of carbonyl (C=O) groups excluding carboxylic acids is 1. The van der Waals surface area contributed by atoms with E-state index in [1.165, 1.54) is 12.3 Å². The van der Waals surface area contributed by atoms with Crippen LogP contribution in [0.15, 0.2) is 39.6 Å². The smallest absolute Gasteiger partial charge is 0.416 e. The number of rotatable bonds is 2. The molecule has 0 saturated carbocycles. The molecule has 21 heavy (non-hydrogen) atoms. The Labute approximate surface area is 125 Å². The second-order valence-electron chi connectivity index (χ2n) is 3.93. The molecule has 2 rings (SSSR count). The molecule has 2 aromatic rings. The van der Waals surface area contributed by atoms with Crippen molar-refractivity contribution < 1.29 is 22.4 Å². The number of carbonyl (C=O) groups is 1. The Morgan fingerprint density at radius 2 is 2.05 bits per heavy atom. The summed E-state index contributed by atoms with van der Waals surface area (Å²) in [5, 5.41) is 11.3. The zero-order valence-electron chi connectivity index (χ0n) is 10.2. The molecule has 0 atom stereocenters. The fraction of sp³-hybridized carbons (Fsp3) is 0.0769. The Bertz CT molecular complexity index is 732. The van der Waals surface area contributed by atoms with Crippen molar-refractivity contribution in [3.05, 3.63) is 51.9 Å². The lowest BCUT2D eigenvalue weighted by Gasteiger charge is -2.10. The minimum atomic E-state index is -4.55. The van der Waals surface area contributed by atoms with E-state index in [9.17, 15) is 18.0 Å². The Morgan fingerprint density at radius 3 is 2.57 bits per heavy atom. The molecule has 108 valence electrons. The molecule has 1 N–H and O–H groups in total. The summed E-state index contributed by atoms with van der Waals surface area (Å²) in [6.07, 6.45) is -3.28. The number of halogens is 4. The topological polar surface area (TPSA) is 66.0 Å². The Balaban J connectivity index is 2.31. The molecule has 1 aromatic heterocycles. The largest absolute Gasteiger partial charge is 0.457 e. The van der Waals surface area contributed by atoms with E-state index in [2.05, 4.69) is 21.2 Å². The number of hydrogen-bond acceptors (Lipinski definition) is 3. The van der Waals surface area contributed by atoms with E-state index in [0.717, 1.165) is 12.1 Å². The van der Waals surface area contributed by atoms with Gasteiger partial charge in [-0.05, 0) is 40.2 Å².